The van der Waals surface area contributed by atoms with E-state index in [0.29, 0.717) is 24.6 Å². The number of rotatable bonds is 2. The zero-order valence-corrected chi connectivity index (χ0v) is 8.79. The highest BCUT2D eigenvalue weighted by Gasteiger charge is 2.24. The number of halogens is 1. The van der Waals surface area contributed by atoms with Gasteiger partial charge in [0.25, 0.3) is 5.89 Å². The van der Waals surface area contributed by atoms with Crippen LogP contribution in [0.3, 0.4) is 0 Å². The van der Waals surface area contributed by atoms with Gasteiger partial charge < -0.3 is 9.26 Å². The average molecular weight is 212 g/mol. The van der Waals surface area contributed by atoms with Gasteiger partial charge in [-0.25, -0.2) is 4.39 Å². The Balaban J connectivity index is 2.20. The van der Waals surface area contributed by atoms with E-state index in [4.69, 9.17) is 9.26 Å². The zero-order valence-electron chi connectivity index (χ0n) is 8.79. The van der Waals surface area contributed by atoms with E-state index in [9.17, 15) is 4.39 Å². The van der Waals surface area contributed by atoms with Crippen molar-refractivity contribution in [3.05, 3.63) is 17.3 Å². The Hall–Kier alpha value is -1.23. The molecule has 0 amide bonds. The van der Waals surface area contributed by atoms with Gasteiger partial charge in [-0.1, -0.05) is 5.16 Å². The number of ether oxygens (including phenoxy) is 1. The van der Waals surface area contributed by atoms with Crippen LogP contribution in [0.2, 0.25) is 0 Å². The van der Waals surface area contributed by atoms with Crippen molar-refractivity contribution >= 4 is 5.83 Å². The van der Waals surface area contributed by atoms with Crippen LogP contribution in [0.1, 0.15) is 37.9 Å². The Bertz CT molecular complexity index is 377. The summed E-state index contributed by atoms with van der Waals surface area (Å²) >= 11 is 0. The van der Waals surface area contributed by atoms with Crippen LogP contribution in [0.25, 0.3) is 5.83 Å². The van der Waals surface area contributed by atoms with E-state index in [1.54, 1.807) is 13.8 Å². The van der Waals surface area contributed by atoms with Gasteiger partial charge in [0.05, 0.1) is 6.61 Å². The average Bonchev–Trinajstić information content (AvgIpc) is 2.86. The molecule has 1 fully saturated rings. The molecule has 1 aliphatic rings. The van der Waals surface area contributed by atoms with Crippen molar-refractivity contribution in [3.8, 4) is 0 Å². The van der Waals surface area contributed by atoms with Gasteiger partial charge >= 0.3 is 0 Å². The van der Waals surface area contributed by atoms with Crippen LogP contribution in [0, 0.1) is 0 Å². The number of hydrogen-bond donors (Lipinski definition) is 0. The van der Waals surface area contributed by atoms with Crippen molar-refractivity contribution in [1.29, 1.82) is 0 Å². The van der Waals surface area contributed by atoms with E-state index in [0.717, 1.165) is 6.42 Å². The van der Waals surface area contributed by atoms with Gasteiger partial charge in [-0.2, -0.15) is 4.98 Å². The van der Waals surface area contributed by atoms with Crippen molar-refractivity contribution < 1.29 is 13.7 Å². The second-order valence-electron chi connectivity index (χ2n) is 3.83. The first-order chi connectivity index (χ1) is 7.18. The summed E-state index contributed by atoms with van der Waals surface area (Å²) in [6, 6.07) is 0. The molecule has 0 N–H and O–H groups in total. The normalized spacial score (nSPS) is 20.6. The molecular weight excluding hydrogens is 199 g/mol. The van der Waals surface area contributed by atoms with Crippen molar-refractivity contribution in [1.82, 2.24) is 10.1 Å². The summed E-state index contributed by atoms with van der Waals surface area (Å²) in [7, 11) is 0. The van der Waals surface area contributed by atoms with Crippen LogP contribution in [0.15, 0.2) is 10.1 Å². The lowest BCUT2D eigenvalue weighted by molar-refractivity contribution is 0.192. The molecule has 0 bridgehead atoms. The first kappa shape index (κ1) is 10.3. The molecule has 2 rings (SSSR count). The molecule has 15 heavy (non-hydrogen) atoms. The molecule has 1 aromatic rings. The zero-order chi connectivity index (χ0) is 10.8. The fourth-order valence-corrected chi connectivity index (χ4v) is 1.44. The number of nitrogens with zero attached hydrogens (tertiary/aromatic N) is 2. The van der Waals surface area contributed by atoms with Crippen molar-refractivity contribution in [2.75, 3.05) is 13.2 Å². The first-order valence-corrected chi connectivity index (χ1v) is 4.93. The van der Waals surface area contributed by atoms with E-state index in [2.05, 4.69) is 10.1 Å². The van der Waals surface area contributed by atoms with Gasteiger partial charge in [-0.3, -0.25) is 0 Å². The highest BCUT2D eigenvalue weighted by atomic mass is 19.1. The molecule has 82 valence electrons. The summed E-state index contributed by atoms with van der Waals surface area (Å²) in [6.07, 6.45) is 0.870. The van der Waals surface area contributed by atoms with Crippen molar-refractivity contribution in [2.45, 2.75) is 26.2 Å². The second kappa shape index (κ2) is 4.10. The third kappa shape index (κ3) is 2.07. The van der Waals surface area contributed by atoms with Gasteiger partial charge in [0.15, 0.2) is 11.7 Å². The first-order valence-electron chi connectivity index (χ1n) is 4.93. The molecule has 5 heteroatoms. The summed E-state index contributed by atoms with van der Waals surface area (Å²) < 4.78 is 23.5. The molecule has 1 saturated heterocycles. The summed E-state index contributed by atoms with van der Waals surface area (Å²) in [4.78, 5) is 4.02. The van der Waals surface area contributed by atoms with Crippen LogP contribution < -0.4 is 0 Å². The van der Waals surface area contributed by atoms with E-state index < -0.39 is 5.83 Å². The molecule has 0 aliphatic carbocycles. The van der Waals surface area contributed by atoms with Crippen LogP contribution in [-0.4, -0.2) is 23.4 Å². The molecule has 0 spiro atoms. The largest absolute Gasteiger partial charge is 0.381 e. The Labute approximate surface area is 87.1 Å². The molecule has 1 aromatic heterocycles. The third-order valence-electron chi connectivity index (χ3n) is 2.36. The Kier molecular flexibility index (Phi) is 2.81. The topological polar surface area (TPSA) is 48.2 Å². The van der Waals surface area contributed by atoms with Gasteiger partial charge in [-0.05, 0) is 25.8 Å². The summed E-state index contributed by atoms with van der Waals surface area (Å²) in [6.45, 7) is 4.63. The maximum atomic E-state index is 13.4. The minimum Gasteiger partial charge on any atom is -0.381 e. The lowest BCUT2D eigenvalue weighted by atomic mass is 10.1. The minimum absolute atomic E-state index is 0.0306. The maximum Gasteiger partial charge on any atom is 0.286 e. The van der Waals surface area contributed by atoms with Gasteiger partial charge in [0, 0.05) is 12.5 Å². The molecule has 1 unspecified atom stereocenters. The monoisotopic (exact) mass is 212 g/mol. The molecule has 4 nitrogen and oxygen atoms in total. The van der Waals surface area contributed by atoms with Crippen LogP contribution in [-0.2, 0) is 4.74 Å². The second-order valence-corrected chi connectivity index (χ2v) is 3.83. The molecule has 0 radical (unpaired) electrons. The Morgan fingerprint density at radius 1 is 1.47 bits per heavy atom. The van der Waals surface area contributed by atoms with E-state index >= 15 is 0 Å². The smallest absolute Gasteiger partial charge is 0.286 e. The van der Waals surface area contributed by atoms with Gasteiger partial charge in [0.2, 0.25) is 0 Å². The fraction of sp³-hybridized carbons (Fsp3) is 0.600. The maximum absolute atomic E-state index is 13.4. The number of aromatic nitrogens is 2. The lowest BCUT2D eigenvalue weighted by Crippen LogP contribution is -1.99. The highest BCUT2D eigenvalue weighted by molar-refractivity contribution is 5.53. The summed E-state index contributed by atoms with van der Waals surface area (Å²) in [5.74, 6) is 0.218. The van der Waals surface area contributed by atoms with Gasteiger partial charge in [-0.15, -0.1) is 0 Å². The standard InChI is InChI=1S/C10H13FN2O2/c1-6(2)8(11)10-12-9(13-15-10)7-3-4-14-5-7/h7H,3-5H2,1-2H3. The number of allylic oxidation sites excluding steroid dienone is 1. The molecule has 1 aliphatic heterocycles. The summed E-state index contributed by atoms with van der Waals surface area (Å²) in [5, 5.41) is 3.76. The van der Waals surface area contributed by atoms with Crippen LogP contribution in [0.5, 0.6) is 0 Å². The predicted molar refractivity (Wildman–Crippen MR) is 51.9 cm³/mol. The van der Waals surface area contributed by atoms with E-state index in [1.165, 1.54) is 0 Å². The van der Waals surface area contributed by atoms with Crippen LogP contribution >= 0.6 is 0 Å². The van der Waals surface area contributed by atoms with Crippen LogP contribution in [0.4, 0.5) is 4.39 Å². The van der Waals surface area contributed by atoms with Crippen molar-refractivity contribution in [3.63, 3.8) is 0 Å². The molecule has 2 heterocycles. The Morgan fingerprint density at radius 2 is 2.27 bits per heavy atom. The quantitative estimate of drug-likeness (QED) is 0.754. The van der Waals surface area contributed by atoms with E-state index in [-0.39, 0.29) is 11.8 Å². The molecule has 1 atom stereocenters. The Morgan fingerprint density at radius 3 is 2.87 bits per heavy atom. The highest BCUT2D eigenvalue weighted by Crippen LogP contribution is 2.25. The minimum atomic E-state index is -0.437. The van der Waals surface area contributed by atoms with E-state index in [1.807, 2.05) is 0 Å². The third-order valence-corrected chi connectivity index (χ3v) is 2.36. The van der Waals surface area contributed by atoms with Crippen molar-refractivity contribution in [2.24, 2.45) is 0 Å². The lowest BCUT2D eigenvalue weighted by Gasteiger charge is -1.97. The predicted octanol–water partition coefficient (Wildman–Crippen LogP) is 2.29. The molecular formula is C10H13FN2O2. The van der Waals surface area contributed by atoms with Gasteiger partial charge in [0.1, 0.15) is 0 Å². The number of hydrogen-bond acceptors (Lipinski definition) is 4. The molecule has 0 aromatic carbocycles. The SMILES string of the molecule is CC(C)=C(F)c1nc(C2CCOC2)no1. The fourth-order valence-electron chi connectivity index (χ4n) is 1.44. The summed E-state index contributed by atoms with van der Waals surface area (Å²) in [5.41, 5.74) is 0.535. The molecule has 0 saturated carbocycles.